The quantitative estimate of drug-likeness (QED) is 0.736. The highest BCUT2D eigenvalue weighted by molar-refractivity contribution is 7.20. The van der Waals surface area contributed by atoms with E-state index in [2.05, 4.69) is 36.3 Å². The smallest absolute Gasteiger partial charge is 0.264 e. The largest absolute Gasteiger partial charge is 0.369 e. The number of benzene rings is 1. The van der Waals surface area contributed by atoms with Gasteiger partial charge in [-0.1, -0.05) is 29.8 Å². The highest BCUT2D eigenvalue weighted by atomic mass is 32.1. The zero-order valence-corrected chi connectivity index (χ0v) is 17.0. The van der Waals surface area contributed by atoms with Gasteiger partial charge in [-0.3, -0.25) is 14.3 Å². The number of carbonyl (C=O) groups excluding carboxylic acids is 2. The molecule has 3 heterocycles. The van der Waals surface area contributed by atoms with Gasteiger partial charge in [0.1, 0.15) is 4.83 Å². The molecule has 1 aliphatic rings. The number of likely N-dealkylation sites (tertiary alicyclic amines) is 1. The third kappa shape index (κ3) is 3.54. The minimum Gasteiger partial charge on any atom is -0.369 e. The summed E-state index contributed by atoms with van der Waals surface area (Å²) in [4.78, 5) is 28.0. The average molecular weight is 397 g/mol. The molecular formula is C21H24N4O2S. The van der Waals surface area contributed by atoms with Crippen LogP contribution in [0.2, 0.25) is 0 Å². The minimum atomic E-state index is -0.321. The first-order valence-corrected chi connectivity index (χ1v) is 10.3. The minimum absolute atomic E-state index is 0.0200. The van der Waals surface area contributed by atoms with Crippen LogP contribution in [-0.4, -0.2) is 39.6 Å². The van der Waals surface area contributed by atoms with Gasteiger partial charge in [-0.2, -0.15) is 5.10 Å². The molecular weight excluding hydrogens is 372 g/mol. The van der Waals surface area contributed by atoms with Crippen molar-refractivity contribution >= 4 is 33.4 Å². The molecule has 1 aliphatic heterocycles. The Kier molecular flexibility index (Phi) is 4.93. The van der Waals surface area contributed by atoms with E-state index in [0.717, 1.165) is 28.8 Å². The van der Waals surface area contributed by atoms with Gasteiger partial charge in [0.05, 0.1) is 23.0 Å². The predicted octanol–water partition coefficient (Wildman–Crippen LogP) is 3.10. The number of aromatic nitrogens is 2. The Morgan fingerprint density at radius 2 is 2.00 bits per heavy atom. The number of thiophene rings is 1. The first-order chi connectivity index (χ1) is 13.4. The number of aryl methyl sites for hydroxylation is 2. The van der Waals surface area contributed by atoms with E-state index in [1.165, 1.54) is 22.5 Å². The number of primary amides is 1. The lowest BCUT2D eigenvalue weighted by Gasteiger charge is -2.30. The molecule has 1 aromatic carbocycles. The predicted molar refractivity (Wildman–Crippen MR) is 110 cm³/mol. The van der Waals surface area contributed by atoms with E-state index >= 15 is 0 Å². The second-order valence-corrected chi connectivity index (χ2v) is 8.58. The third-order valence-electron chi connectivity index (χ3n) is 5.38. The maximum Gasteiger partial charge on any atom is 0.264 e. The van der Waals surface area contributed by atoms with Crippen LogP contribution in [0.15, 0.2) is 30.3 Å². The average Bonchev–Trinajstić information content (AvgIpc) is 3.24. The summed E-state index contributed by atoms with van der Waals surface area (Å²) in [5.74, 6) is -0.585. The molecule has 0 aliphatic carbocycles. The van der Waals surface area contributed by atoms with E-state index < -0.39 is 0 Å². The Morgan fingerprint density at radius 3 is 2.71 bits per heavy atom. The number of fused-ring (bicyclic) bond motifs is 1. The molecule has 146 valence electrons. The van der Waals surface area contributed by atoms with Crippen molar-refractivity contribution in [1.29, 1.82) is 0 Å². The van der Waals surface area contributed by atoms with Crippen molar-refractivity contribution in [3.05, 3.63) is 52.0 Å². The Bertz CT molecular complexity index is 1030. The van der Waals surface area contributed by atoms with Crippen LogP contribution >= 0.6 is 11.3 Å². The van der Waals surface area contributed by atoms with Crippen LogP contribution in [-0.2, 0) is 11.3 Å². The van der Waals surface area contributed by atoms with Crippen LogP contribution < -0.4 is 5.73 Å². The van der Waals surface area contributed by atoms with Gasteiger partial charge in [0.15, 0.2) is 0 Å². The molecule has 0 radical (unpaired) electrons. The zero-order valence-electron chi connectivity index (χ0n) is 16.1. The highest BCUT2D eigenvalue weighted by Crippen LogP contribution is 2.30. The summed E-state index contributed by atoms with van der Waals surface area (Å²) < 4.78 is 1.97. The SMILES string of the molecule is Cc1ccc(Cn2nc(C)c3cc(C(=O)N4CCC[C@H](C(N)=O)C4)sc32)cc1. The van der Waals surface area contributed by atoms with Crippen molar-refractivity contribution in [3.63, 3.8) is 0 Å². The standard InChI is InChI=1S/C21H24N4O2S/c1-13-5-7-15(8-6-13)11-25-21-17(14(2)23-25)10-18(28-21)20(27)24-9-3-4-16(12-24)19(22)26/h5-8,10,16H,3-4,9,11-12H2,1-2H3,(H2,22,26)/t16-/m0/s1. The molecule has 0 bridgehead atoms. The maximum absolute atomic E-state index is 13.0. The molecule has 0 spiro atoms. The van der Waals surface area contributed by atoms with E-state index in [-0.39, 0.29) is 17.7 Å². The molecule has 1 atom stereocenters. The molecule has 6 nitrogen and oxygen atoms in total. The highest BCUT2D eigenvalue weighted by Gasteiger charge is 2.29. The van der Waals surface area contributed by atoms with E-state index in [1.807, 2.05) is 17.7 Å². The Labute approximate surface area is 167 Å². The summed E-state index contributed by atoms with van der Waals surface area (Å²) in [6.07, 6.45) is 1.57. The second kappa shape index (κ2) is 7.39. The van der Waals surface area contributed by atoms with Crippen molar-refractivity contribution in [2.75, 3.05) is 13.1 Å². The van der Waals surface area contributed by atoms with Crippen molar-refractivity contribution < 1.29 is 9.59 Å². The van der Waals surface area contributed by atoms with Crippen LogP contribution in [0.4, 0.5) is 0 Å². The van der Waals surface area contributed by atoms with Gasteiger partial charge in [0.2, 0.25) is 5.91 Å². The lowest BCUT2D eigenvalue weighted by atomic mass is 9.97. The van der Waals surface area contributed by atoms with Gasteiger partial charge in [-0.25, -0.2) is 0 Å². The number of hydrogen-bond acceptors (Lipinski definition) is 4. The molecule has 0 unspecified atom stereocenters. The molecule has 3 aromatic rings. The number of rotatable bonds is 4. The van der Waals surface area contributed by atoms with Crippen molar-refractivity contribution in [3.8, 4) is 0 Å². The van der Waals surface area contributed by atoms with Crippen molar-refractivity contribution in [1.82, 2.24) is 14.7 Å². The zero-order chi connectivity index (χ0) is 19.8. The molecule has 2 aromatic heterocycles. The normalized spacial score (nSPS) is 17.2. The Morgan fingerprint density at radius 1 is 1.25 bits per heavy atom. The van der Waals surface area contributed by atoms with E-state index in [0.29, 0.717) is 24.5 Å². The Hall–Kier alpha value is -2.67. The molecule has 7 heteroatoms. The number of piperidine rings is 1. The summed E-state index contributed by atoms with van der Waals surface area (Å²) in [5, 5.41) is 5.67. The van der Waals surface area contributed by atoms with Gasteiger partial charge < -0.3 is 10.6 Å². The van der Waals surface area contributed by atoms with Crippen molar-refractivity contribution in [2.45, 2.75) is 33.2 Å². The number of carbonyl (C=O) groups is 2. The Balaban J connectivity index is 1.60. The summed E-state index contributed by atoms with van der Waals surface area (Å²) in [6.45, 7) is 5.80. The van der Waals surface area contributed by atoms with Crippen LogP contribution in [0.1, 0.15) is 39.3 Å². The molecule has 1 fully saturated rings. The lowest BCUT2D eigenvalue weighted by Crippen LogP contribution is -2.43. The number of nitrogens with zero attached hydrogens (tertiary/aromatic N) is 3. The topological polar surface area (TPSA) is 81.2 Å². The van der Waals surface area contributed by atoms with Gasteiger partial charge in [-0.15, -0.1) is 11.3 Å². The molecule has 4 rings (SSSR count). The van der Waals surface area contributed by atoms with Crippen LogP contribution in [0.3, 0.4) is 0 Å². The van der Waals surface area contributed by atoms with Gasteiger partial charge in [0, 0.05) is 18.5 Å². The fraction of sp³-hybridized carbons (Fsp3) is 0.381. The number of hydrogen-bond donors (Lipinski definition) is 1. The van der Waals surface area contributed by atoms with Crippen LogP contribution in [0, 0.1) is 19.8 Å². The van der Waals surface area contributed by atoms with E-state index in [1.54, 1.807) is 4.90 Å². The van der Waals surface area contributed by atoms with Crippen LogP contribution in [0.5, 0.6) is 0 Å². The van der Waals surface area contributed by atoms with E-state index in [4.69, 9.17) is 5.73 Å². The fourth-order valence-electron chi connectivity index (χ4n) is 3.74. The molecule has 2 N–H and O–H groups in total. The van der Waals surface area contributed by atoms with Crippen molar-refractivity contribution in [2.24, 2.45) is 11.7 Å². The van der Waals surface area contributed by atoms with Gasteiger partial charge >= 0.3 is 0 Å². The third-order valence-corrected chi connectivity index (χ3v) is 6.52. The maximum atomic E-state index is 13.0. The van der Waals surface area contributed by atoms with Gasteiger partial charge in [0.25, 0.3) is 5.91 Å². The summed E-state index contributed by atoms with van der Waals surface area (Å²) in [7, 11) is 0. The molecule has 1 saturated heterocycles. The van der Waals surface area contributed by atoms with E-state index in [9.17, 15) is 9.59 Å². The first-order valence-electron chi connectivity index (χ1n) is 9.53. The van der Waals surface area contributed by atoms with Gasteiger partial charge in [-0.05, 0) is 38.3 Å². The fourth-order valence-corrected chi connectivity index (χ4v) is 4.87. The summed E-state index contributed by atoms with van der Waals surface area (Å²) in [5.41, 5.74) is 8.78. The number of nitrogens with two attached hydrogens (primary N) is 1. The molecule has 0 saturated carbocycles. The van der Waals surface area contributed by atoms with Crippen LogP contribution in [0.25, 0.3) is 10.2 Å². The molecule has 2 amide bonds. The monoisotopic (exact) mass is 396 g/mol. The first kappa shape index (κ1) is 18.7. The summed E-state index contributed by atoms with van der Waals surface area (Å²) >= 11 is 1.47. The lowest BCUT2D eigenvalue weighted by molar-refractivity contribution is -0.123. The number of amides is 2. The second-order valence-electron chi connectivity index (χ2n) is 7.55. The summed E-state index contributed by atoms with van der Waals surface area (Å²) in [6, 6.07) is 10.3. The molecule has 28 heavy (non-hydrogen) atoms.